The minimum Gasteiger partial charge on any atom is -0.436 e. The van der Waals surface area contributed by atoms with Gasteiger partial charge in [-0.15, -0.1) is 0 Å². The van der Waals surface area contributed by atoms with Crippen LogP contribution in [0.4, 0.5) is 0 Å². The van der Waals surface area contributed by atoms with Gasteiger partial charge in [0, 0.05) is 44.6 Å². The lowest BCUT2D eigenvalue weighted by atomic mass is 9.74. The van der Waals surface area contributed by atoms with E-state index in [1.165, 1.54) is 38.5 Å². The van der Waals surface area contributed by atoms with Gasteiger partial charge in [-0.05, 0) is 82.8 Å². The van der Waals surface area contributed by atoms with E-state index in [-0.39, 0.29) is 5.92 Å². The van der Waals surface area contributed by atoms with Crippen LogP contribution in [0.3, 0.4) is 0 Å². The summed E-state index contributed by atoms with van der Waals surface area (Å²) < 4.78 is 8.90. The highest BCUT2D eigenvalue weighted by Crippen LogP contribution is 2.49. The van der Waals surface area contributed by atoms with Crippen LogP contribution in [0.5, 0.6) is 0 Å². The van der Waals surface area contributed by atoms with Crippen LogP contribution in [0.25, 0.3) is 95.3 Å². The smallest absolute Gasteiger partial charge is 0.227 e. The van der Waals surface area contributed by atoms with E-state index >= 15 is 0 Å². The van der Waals surface area contributed by atoms with Gasteiger partial charge in [0.2, 0.25) is 5.89 Å². The Kier molecular flexibility index (Phi) is 7.88. The third-order valence-electron chi connectivity index (χ3n) is 11.9. The minimum absolute atomic E-state index is 0.0105. The zero-order chi connectivity index (χ0) is 39.6. The molecule has 60 heavy (non-hydrogen) atoms. The molecule has 0 saturated carbocycles. The Bertz CT molecular complexity index is 3330. The fourth-order valence-corrected chi connectivity index (χ4v) is 9.14. The van der Waals surface area contributed by atoms with E-state index in [0.717, 1.165) is 56.5 Å². The first-order valence-electron chi connectivity index (χ1n) is 20.3. The van der Waals surface area contributed by atoms with Crippen molar-refractivity contribution in [3.8, 4) is 62.4 Å². The second kappa shape index (κ2) is 13.9. The van der Waals surface area contributed by atoms with E-state index in [1.807, 2.05) is 84.9 Å². The monoisotopic (exact) mass is 769 g/mol. The first kappa shape index (κ1) is 34.1. The molecule has 0 spiro atoms. The van der Waals surface area contributed by atoms with Gasteiger partial charge < -0.3 is 8.98 Å². The highest BCUT2D eigenvalue weighted by Gasteiger charge is 2.32. The van der Waals surface area contributed by atoms with Crippen LogP contribution in [-0.2, 0) is 6.42 Å². The molecule has 282 valence electrons. The Morgan fingerprint density at radius 2 is 1.05 bits per heavy atom. The lowest BCUT2D eigenvalue weighted by Crippen LogP contribution is -2.15. The number of aromatic nitrogens is 5. The van der Waals surface area contributed by atoms with Crippen molar-refractivity contribution in [2.24, 2.45) is 0 Å². The zero-order valence-electron chi connectivity index (χ0n) is 32.4. The standard InChI is InChI=1S/C54H35N5O/c1-4-15-34(16-5-1)51-56-52(35-17-6-2-7-18-35)58-53(57-51)36-27-29-39(30-28-36)59-46-25-13-12-23-41(46)44-32-31-42-40-22-11-10-21-38(40)33-45(48(42)50(44)59)43-24-14-26-47-49(43)55-54(60-47)37-19-8-3-9-20-37/h1-32,45H,33H2. The van der Waals surface area contributed by atoms with Crippen LogP contribution in [-0.4, -0.2) is 24.5 Å². The number of para-hydroxylation sites is 2. The molecule has 12 rings (SSSR count). The summed E-state index contributed by atoms with van der Waals surface area (Å²) in [6, 6.07) is 67.7. The summed E-state index contributed by atoms with van der Waals surface area (Å²) in [4.78, 5) is 20.1. The molecule has 0 aliphatic heterocycles. The van der Waals surface area contributed by atoms with Crippen molar-refractivity contribution < 1.29 is 4.42 Å². The molecule has 1 aliphatic carbocycles. The fourth-order valence-electron chi connectivity index (χ4n) is 9.14. The second-order valence-corrected chi connectivity index (χ2v) is 15.4. The average Bonchev–Trinajstić information content (AvgIpc) is 3.92. The molecule has 0 fully saturated rings. The summed E-state index contributed by atoms with van der Waals surface area (Å²) in [5.74, 6) is 2.55. The number of nitrogens with zero attached hydrogens (tertiary/aromatic N) is 5. The van der Waals surface area contributed by atoms with Gasteiger partial charge in [-0.1, -0.05) is 146 Å². The van der Waals surface area contributed by atoms with Gasteiger partial charge in [-0.2, -0.15) is 0 Å². The summed E-state index contributed by atoms with van der Waals surface area (Å²) in [6.45, 7) is 0. The Balaban J connectivity index is 1.06. The molecule has 8 aromatic carbocycles. The minimum atomic E-state index is 0.0105. The van der Waals surface area contributed by atoms with E-state index < -0.39 is 0 Å². The van der Waals surface area contributed by atoms with Crippen molar-refractivity contribution >= 4 is 32.9 Å². The average molecular weight is 770 g/mol. The Morgan fingerprint density at radius 3 is 1.75 bits per heavy atom. The van der Waals surface area contributed by atoms with Gasteiger partial charge in [0.15, 0.2) is 23.1 Å². The maximum absolute atomic E-state index is 6.45. The molecule has 11 aromatic rings. The number of hydrogen-bond donors (Lipinski definition) is 0. The topological polar surface area (TPSA) is 69.6 Å². The maximum atomic E-state index is 6.45. The van der Waals surface area contributed by atoms with E-state index in [2.05, 4.69) is 114 Å². The summed E-state index contributed by atoms with van der Waals surface area (Å²) in [7, 11) is 0. The van der Waals surface area contributed by atoms with E-state index in [4.69, 9.17) is 24.4 Å². The Labute approximate surface area is 346 Å². The quantitative estimate of drug-likeness (QED) is 0.168. The van der Waals surface area contributed by atoms with Gasteiger partial charge in [0.25, 0.3) is 0 Å². The van der Waals surface area contributed by atoms with Crippen molar-refractivity contribution in [2.75, 3.05) is 0 Å². The molecule has 0 N–H and O–H groups in total. The van der Waals surface area contributed by atoms with E-state index in [9.17, 15) is 0 Å². The SMILES string of the molecule is c1ccc(-c2nc(-c3ccccc3)nc(-c3ccc(-n4c5ccccc5c5ccc6c(c54)C(c4cccc5oc(-c7ccccc7)nc45)Cc4ccccc4-6)cc3)n2)cc1. The first-order chi connectivity index (χ1) is 29.7. The predicted molar refractivity (Wildman–Crippen MR) is 241 cm³/mol. The van der Waals surface area contributed by atoms with Crippen LogP contribution in [0.1, 0.15) is 22.6 Å². The van der Waals surface area contributed by atoms with Gasteiger partial charge in [-0.25, -0.2) is 19.9 Å². The molecular formula is C54H35N5O. The molecule has 0 saturated heterocycles. The molecule has 0 radical (unpaired) electrons. The van der Waals surface area contributed by atoms with Gasteiger partial charge in [0.1, 0.15) is 5.52 Å². The molecule has 1 atom stereocenters. The fraction of sp³-hybridized carbons (Fsp3) is 0.0370. The van der Waals surface area contributed by atoms with Crippen molar-refractivity contribution in [2.45, 2.75) is 12.3 Å². The van der Waals surface area contributed by atoms with E-state index in [1.54, 1.807) is 0 Å². The lowest BCUT2D eigenvalue weighted by molar-refractivity contribution is 0.619. The number of oxazole rings is 1. The third kappa shape index (κ3) is 5.57. The van der Waals surface area contributed by atoms with Gasteiger partial charge in [-0.3, -0.25) is 0 Å². The van der Waals surface area contributed by atoms with Crippen LogP contribution < -0.4 is 0 Å². The maximum Gasteiger partial charge on any atom is 0.227 e. The molecular weight excluding hydrogens is 735 g/mol. The molecule has 3 aromatic heterocycles. The van der Waals surface area contributed by atoms with Crippen LogP contribution >= 0.6 is 0 Å². The summed E-state index contributed by atoms with van der Waals surface area (Å²) >= 11 is 0. The highest BCUT2D eigenvalue weighted by molar-refractivity contribution is 6.12. The Morgan fingerprint density at radius 1 is 0.450 bits per heavy atom. The van der Waals surface area contributed by atoms with Crippen molar-refractivity contribution in [3.05, 3.63) is 211 Å². The van der Waals surface area contributed by atoms with E-state index in [0.29, 0.717) is 23.4 Å². The normalized spacial score (nSPS) is 13.4. The van der Waals surface area contributed by atoms with Crippen LogP contribution in [0.15, 0.2) is 199 Å². The summed E-state index contributed by atoms with van der Waals surface area (Å²) in [5.41, 5.74) is 15.1. The Hall–Kier alpha value is -7.96. The number of fused-ring (bicyclic) bond motifs is 8. The number of hydrogen-bond acceptors (Lipinski definition) is 5. The molecule has 1 aliphatic rings. The molecule has 6 heteroatoms. The van der Waals surface area contributed by atoms with Crippen molar-refractivity contribution in [1.82, 2.24) is 24.5 Å². The zero-order valence-corrected chi connectivity index (χ0v) is 32.4. The largest absolute Gasteiger partial charge is 0.436 e. The molecule has 0 amide bonds. The summed E-state index contributed by atoms with van der Waals surface area (Å²) in [6.07, 6.45) is 0.836. The van der Waals surface area contributed by atoms with Crippen LogP contribution in [0, 0.1) is 0 Å². The number of benzene rings is 8. The number of rotatable bonds is 6. The highest BCUT2D eigenvalue weighted by atomic mass is 16.3. The van der Waals surface area contributed by atoms with Crippen molar-refractivity contribution in [3.63, 3.8) is 0 Å². The lowest BCUT2D eigenvalue weighted by Gasteiger charge is -2.30. The van der Waals surface area contributed by atoms with Gasteiger partial charge in [0.05, 0.1) is 11.0 Å². The summed E-state index contributed by atoms with van der Waals surface area (Å²) in [5, 5.41) is 2.42. The molecule has 6 nitrogen and oxygen atoms in total. The van der Waals surface area contributed by atoms with Crippen LogP contribution in [0.2, 0.25) is 0 Å². The predicted octanol–water partition coefficient (Wildman–Crippen LogP) is 13.1. The molecule has 0 bridgehead atoms. The molecule has 3 heterocycles. The molecule has 1 unspecified atom stereocenters. The first-order valence-corrected chi connectivity index (χ1v) is 20.3. The third-order valence-corrected chi connectivity index (χ3v) is 11.9. The second-order valence-electron chi connectivity index (χ2n) is 15.4. The van der Waals surface area contributed by atoms with Gasteiger partial charge >= 0.3 is 0 Å². The van der Waals surface area contributed by atoms with Crippen molar-refractivity contribution in [1.29, 1.82) is 0 Å².